The molecule has 0 aromatic carbocycles. The van der Waals surface area contributed by atoms with Crippen LogP contribution in [0.3, 0.4) is 0 Å². The number of pyridine rings is 2. The number of amides is 1. The molecule has 0 saturated heterocycles. The smallest absolute Gasteiger partial charge is 0.267 e. The maximum absolute atomic E-state index is 13.0. The SMILES string of the molecule is CCCCCCn1c(=N)c(C(N)=O)cc2c(=O)n3cccc(C)c3nc21. The lowest BCUT2D eigenvalue weighted by Crippen LogP contribution is -2.32. The number of nitrogens with two attached hydrogens (primary N) is 1. The van der Waals surface area contributed by atoms with Crippen molar-refractivity contribution >= 4 is 22.6 Å². The van der Waals surface area contributed by atoms with Crippen LogP contribution in [0.1, 0.15) is 48.5 Å². The van der Waals surface area contributed by atoms with Crippen LogP contribution in [-0.2, 0) is 6.54 Å². The van der Waals surface area contributed by atoms with Gasteiger partial charge >= 0.3 is 0 Å². The number of carbonyl (C=O) groups excluding carboxylic acids is 1. The van der Waals surface area contributed by atoms with Gasteiger partial charge in [0, 0.05) is 12.7 Å². The molecule has 3 heterocycles. The number of rotatable bonds is 6. The normalized spacial score (nSPS) is 11.3. The third-order valence-corrected chi connectivity index (χ3v) is 4.63. The lowest BCUT2D eigenvalue weighted by Gasteiger charge is -2.14. The molecule has 7 heteroatoms. The fourth-order valence-corrected chi connectivity index (χ4v) is 3.20. The zero-order valence-corrected chi connectivity index (χ0v) is 15.1. The molecule has 0 bridgehead atoms. The summed E-state index contributed by atoms with van der Waals surface area (Å²) in [6, 6.07) is 5.06. The van der Waals surface area contributed by atoms with Crippen LogP contribution in [0.15, 0.2) is 29.2 Å². The first kappa shape index (κ1) is 17.8. The number of nitrogens with zero attached hydrogens (tertiary/aromatic N) is 3. The molecule has 1 amide bonds. The van der Waals surface area contributed by atoms with Crippen molar-refractivity contribution < 1.29 is 4.79 Å². The molecule has 3 rings (SSSR count). The van der Waals surface area contributed by atoms with Crippen molar-refractivity contribution in [1.82, 2.24) is 14.0 Å². The number of primary amides is 1. The summed E-state index contributed by atoms with van der Waals surface area (Å²) in [5.74, 6) is -0.715. The van der Waals surface area contributed by atoms with Gasteiger partial charge in [0.2, 0.25) is 0 Å². The summed E-state index contributed by atoms with van der Waals surface area (Å²) >= 11 is 0. The van der Waals surface area contributed by atoms with Gasteiger partial charge in [0.05, 0.1) is 10.9 Å². The first-order valence-electron chi connectivity index (χ1n) is 8.85. The van der Waals surface area contributed by atoms with Gasteiger partial charge in [0.25, 0.3) is 11.5 Å². The summed E-state index contributed by atoms with van der Waals surface area (Å²) in [7, 11) is 0. The average Bonchev–Trinajstić information content (AvgIpc) is 2.61. The monoisotopic (exact) mass is 353 g/mol. The Morgan fingerprint density at radius 1 is 1.27 bits per heavy atom. The van der Waals surface area contributed by atoms with Gasteiger partial charge < -0.3 is 10.3 Å². The second kappa shape index (κ2) is 7.11. The molecule has 3 aromatic heterocycles. The lowest BCUT2D eigenvalue weighted by molar-refractivity contribution is 0.0998. The molecule has 0 aliphatic rings. The number of hydrogen-bond acceptors (Lipinski definition) is 4. The molecule has 7 nitrogen and oxygen atoms in total. The molecular formula is C19H23N5O2. The van der Waals surface area contributed by atoms with Crippen molar-refractivity contribution in [3.63, 3.8) is 0 Å². The van der Waals surface area contributed by atoms with Crippen LogP contribution in [0.4, 0.5) is 0 Å². The Labute approximate surface area is 150 Å². The minimum atomic E-state index is -0.715. The zero-order valence-electron chi connectivity index (χ0n) is 15.1. The van der Waals surface area contributed by atoms with E-state index in [4.69, 9.17) is 11.1 Å². The fraction of sp³-hybridized carbons (Fsp3) is 0.368. The summed E-state index contributed by atoms with van der Waals surface area (Å²) in [5.41, 5.74) is 7.07. The van der Waals surface area contributed by atoms with E-state index in [1.807, 2.05) is 13.0 Å². The number of nitrogens with one attached hydrogen (secondary N) is 1. The minimum absolute atomic E-state index is 0.00586. The maximum atomic E-state index is 13.0. The quantitative estimate of drug-likeness (QED) is 0.523. The summed E-state index contributed by atoms with van der Waals surface area (Å²) < 4.78 is 3.10. The molecule has 136 valence electrons. The molecule has 0 atom stereocenters. The molecule has 3 N–H and O–H groups in total. The standard InChI is InChI=1S/C19H23N5O2/c1-3-4-5-6-9-23-15(20)13(16(21)25)11-14-18(23)22-17-12(2)8-7-10-24(17)19(14)26/h7-8,10-11,20H,3-6,9H2,1-2H3,(H2,21,25). The number of fused-ring (bicyclic) bond motifs is 2. The molecule has 3 aromatic rings. The Hall–Kier alpha value is -2.96. The Morgan fingerprint density at radius 2 is 2.04 bits per heavy atom. The second-order valence-corrected chi connectivity index (χ2v) is 6.52. The molecule has 0 unspecified atom stereocenters. The summed E-state index contributed by atoms with van der Waals surface area (Å²) in [5, 5.41) is 8.68. The van der Waals surface area contributed by atoms with Gasteiger partial charge in [-0.2, -0.15) is 0 Å². The summed E-state index contributed by atoms with van der Waals surface area (Å²) in [6.07, 6.45) is 5.71. The molecule has 26 heavy (non-hydrogen) atoms. The van der Waals surface area contributed by atoms with Crippen LogP contribution < -0.4 is 16.8 Å². The maximum Gasteiger partial charge on any atom is 0.267 e. The van der Waals surface area contributed by atoms with Gasteiger partial charge in [0.15, 0.2) is 0 Å². The van der Waals surface area contributed by atoms with Gasteiger partial charge in [-0.3, -0.25) is 19.4 Å². The van der Waals surface area contributed by atoms with Crippen molar-refractivity contribution in [2.24, 2.45) is 5.73 Å². The van der Waals surface area contributed by atoms with Gasteiger partial charge in [-0.15, -0.1) is 0 Å². The van der Waals surface area contributed by atoms with E-state index < -0.39 is 5.91 Å². The fourth-order valence-electron chi connectivity index (χ4n) is 3.20. The molecule has 0 radical (unpaired) electrons. The Morgan fingerprint density at radius 3 is 2.73 bits per heavy atom. The van der Waals surface area contributed by atoms with Gasteiger partial charge in [-0.25, -0.2) is 4.98 Å². The summed E-state index contributed by atoms with van der Waals surface area (Å²) in [6.45, 7) is 4.53. The van der Waals surface area contributed by atoms with E-state index in [0.717, 1.165) is 31.2 Å². The minimum Gasteiger partial charge on any atom is -0.365 e. The van der Waals surface area contributed by atoms with Crippen molar-refractivity contribution in [3.8, 4) is 0 Å². The largest absolute Gasteiger partial charge is 0.365 e. The van der Waals surface area contributed by atoms with Gasteiger partial charge in [0.1, 0.15) is 16.8 Å². The summed E-state index contributed by atoms with van der Waals surface area (Å²) in [4.78, 5) is 29.4. The van der Waals surface area contributed by atoms with Crippen molar-refractivity contribution in [1.29, 1.82) is 5.41 Å². The highest BCUT2D eigenvalue weighted by Crippen LogP contribution is 2.13. The molecule has 0 aliphatic carbocycles. The van der Waals surface area contributed by atoms with Crippen LogP contribution in [-0.4, -0.2) is 19.9 Å². The third kappa shape index (κ3) is 3.00. The molecule has 0 aliphatic heterocycles. The van der Waals surface area contributed by atoms with Crippen LogP contribution in [0.2, 0.25) is 0 Å². The van der Waals surface area contributed by atoms with E-state index >= 15 is 0 Å². The van der Waals surface area contributed by atoms with Gasteiger partial charge in [-0.1, -0.05) is 32.3 Å². The van der Waals surface area contributed by atoms with E-state index in [1.165, 1.54) is 10.5 Å². The topological polar surface area (TPSA) is 106 Å². The van der Waals surface area contributed by atoms with E-state index in [9.17, 15) is 9.59 Å². The zero-order chi connectivity index (χ0) is 18.8. The predicted molar refractivity (Wildman–Crippen MR) is 100 cm³/mol. The van der Waals surface area contributed by atoms with Crippen molar-refractivity contribution in [3.05, 3.63) is 51.4 Å². The Bertz CT molecular complexity index is 1110. The predicted octanol–water partition coefficient (Wildman–Crippen LogP) is 2.12. The van der Waals surface area contributed by atoms with E-state index in [0.29, 0.717) is 23.2 Å². The molecule has 0 fully saturated rings. The molecule has 0 saturated carbocycles. The van der Waals surface area contributed by atoms with Crippen LogP contribution in [0.5, 0.6) is 0 Å². The van der Waals surface area contributed by atoms with E-state index in [2.05, 4.69) is 11.9 Å². The number of aryl methyl sites for hydroxylation is 2. The highest BCUT2D eigenvalue weighted by molar-refractivity contribution is 5.95. The van der Waals surface area contributed by atoms with Crippen LogP contribution >= 0.6 is 0 Å². The van der Waals surface area contributed by atoms with Gasteiger partial charge in [-0.05, 0) is 31.0 Å². The Balaban J connectivity index is 2.34. The average molecular weight is 353 g/mol. The first-order chi connectivity index (χ1) is 12.5. The van der Waals surface area contributed by atoms with Crippen molar-refractivity contribution in [2.75, 3.05) is 0 Å². The Kier molecular flexibility index (Phi) is 4.88. The highest BCUT2D eigenvalue weighted by atomic mass is 16.1. The van der Waals surface area contributed by atoms with Crippen molar-refractivity contribution in [2.45, 2.75) is 46.1 Å². The molecule has 0 spiro atoms. The number of carbonyl (C=O) groups is 1. The second-order valence-electron chi connectivity index (χ2n) is 6.52. The lowest BCUT2D eigenvalue weighted by atomic mass is 10.1. The molecular weight excluding hydrogens is 330 g/mol. The number of hydrogen-bond donors (Lipinski definition) is 2. The number of aromatic nitrogens is 3. The first-order valence-corrected chi connectivity index (χ1v) is 8.85. The van der Waals surface area contributed by atoms with Crippen LogP contribution in [0.25, 0.3) is 16.7 Å². The van der Waals surface area contributed by atoms with E-state index in [-0.39, 0.29) is 16.6 Å². The number of unbranched alkanes of at least 4 members (excludes halogenated alkanes) is 3. The van der Waals surface area contributed by atoms with E-state index in [1.54, 1.807) is 16.8 Å². The third-order valence-electron chi connectivity index (χ3n) is 4.63. The highest BCUT2D eigenvalue weighted by Gasteiger charge is 2.16. The van der Waals surface area contributed by atoms with Crippen LogP contribution in [0, 0.1) is 12.3 Å².